The molecule has 1 rings (SSSR count). The van der Waals surface area contributed by atoms with E-state index in [2.05, 4.69) is 11.5 Å². The molecule has 0 aliphatic carbocycles. The number of aromatic nitrogens is 1. The zero-order chi connectivity index (χ0) is 11.8. The maximum atomic E-state index is 10.9. The number of carbonyl (C=O) groups excluding carboxylic acids is 1. The molecule has 96 valence electrons. The van der Waals surface area contributed by atoms with Gasteiger partial charge in [0.05, 0.1) is 5.56 Å². The number of halogens is 1. The highest BCUT2D eigenvalue weighted by molar-refractivity contribution is 8.93. The number of hydrogen-bond donors (Lipinski definition) is 1. The van der Waals surface area contributed by atoms with Crippen LogP contribution in [0.3, 0.4) is 0 Å². The minimum absolute atomic E-state index is 0. The Bertz CT molecular complexity index is 325. The summed E-state index contributed by atoms with van der Waals surface area (Å²) in [5.41, 5.74) is 5.74. The van der Waals surface area contributed by atoms with Crippen LogP contribution in [0.25, 0.3) is 0 Å². The lowest BCUT2D eigenvalue weighted by Crippen LogP contribution is -2.33. The lowest BCUT2D eigenvalue weighted by atomic mass is 10.1. The second-order valence-electron chi connectivity index (χ2n) is 4.10. The van der Waals surface area contributed by atoms with E-state index in [0.717, 1.165) is 6.54 Å². The van der Waals surface area contributed by atoms with Crippen LogP contribution >= 0.6 is 17.0 Å². The van der Waals surface area contributed by atoms with E-state index in [1.54, 1.807) is 12.1 Å². The minimum Gasteiger partial charge on any atom is -0.366 e. The SMILES string of the molecule is Br.CCCCCCC[n+]1ccc(C(N)=O)cc1. The molecular formula is C13H22BrN2O+. The molecule has 17 heavy (non-hydrogen) atoms. The third-order valence-corrected chi connectivity index (χ3v) is 2.70. The molecule has 0 bridgehead atoms. The molecule has 0 fully saturated rings. The molecule has 1 aromatic heterocycles. The van der Waals surface area contributed by atoms with Crippen LogP contribution in [0.15, 0.2) is 24.5 Å². The largest absolute Gasteiger partial charge is 0.366 e. The number of pyridine rings is 1. The summed E-state index contributed by atoms with van der Waals surface area (Å²) in [5.74, 6) is -0.366. The number of amides is 1. The van der Waals surface area contributed by atoms with Crippen molar-refractivity contribution < 1.29 is 9.36 Å². The zero-order valence-electron chi connectivity index (χ0n) is 10.4. The third kappa shape index (κ3) is 6.41. The second kappa shape index (κ2) is 9.16. The first-order valence-electron chi connectivity index (χ1n) is 6.03. The van der Waals surface area contributed by atoms with Crippen LogP contribution in [0.5, 0.6) is 0 Å². The number of rotatable bonds is 7. The molecule has 2 N–H and O–H groups in total. The van der Waals surface area contributed by atoms with Gasteiger partial charge in [-0.2, -0.15) is 0 Å². The van der Waals surface area contributed by atoms with Crippen LogP contribution < -0.4 is 10.3 Å². The number of primary amides is 1. The number of carbonyl (C=O) groups is 1. The van der Waals surface area contributed by atoms with E-state index in [4.69, 9.17) is 5.73 Å². The molecular weight excluding hydrogens is 280 g/mol. The predicted molar refractivity (Wildman–Crippen MR) is 74.2 cm³/mol. The molecule has 4 heteroatoms. The van der Waals surface area contributed by atoms with Gasteiger partial charge in [-0.1, -0.05) is 26.2 Å². The maximum Gasteiger partial charge on any atom is 0.249 e. The molecule has 1 amide bonds. The molecule has 0 radical (unpaired) electrons. The van der Waals surface area contributed by atoms with E-state index in [0.29, 0.717) is 5.56 Å². The highest BCUT2D eigenvalue weighted by Crippen LogP contribution is 2.02. The average molecular weight is 302 g/mol. The lowest BCUT2D eigenvalue weighted by Gasteiger charge is -1.98. The Hall–Kier alpha value is -0.900. The summed E-state index contributed by atoms with van der Waals surface area (Å²) in [7, 11) is 0. The highest BCUT2D eigenvalue weighted by Gasteiger charge is 2.03. The molecule has 0 saturated carbocycles. The van der Waals surface area contributed by atoms with Gasteiger partial charge in [-0.25, -0.2) is 4.57 Å². The Morgan fingerprint density at radius 2 is 1.76 bits per heavy atom. The van der Waals surface area contributed by atoms with Crippen molar-refractivity contribution in [2.45, 2.75) is 45.6 Å². The predicted octanol–water partition coefficient (Wildman–Crippen LogP) is 2.62. The second-order valence-corrected chi connectivity index (χ2v) is 4.10. The molecule has 0 aliphatic heterocycles. The molecule has 0 atom stereocenters. The summed E-state index contributed by atoms with van der Waals surface area (Å²) in [5, 5.41) is 0. The Morgan fingerprint density at radius 3 is 2.29 bits per heavy atom. The molecule has 0 aromatic carbocycles. The molecule has 0 aliphatic rings. The zero-order valence-corrected chi connectivity index (χ0v) is 12.1. The maximum absolute atomic E-state index is 10.9. The molecule has 0 spiro atoms. The molecule has 0 unspecified atom stereocenters. The fourth-order valence-electron chi connectivity index (χ4n) is 1.67. The van der Waals surface area contributed by atoms with Crippen molar-refractivity contribution in [3.05, 3.63) is 30.1 Å². The van der Waals surface area contributed by atoms with Gasteiger partial charge in [-0.3, -0.25) is 4.79 Å². The van der Waals surface area contributed by atoms with Crippen molar-refractivity contribution in [1.29, 1.82) is 0 Å². The Balaban J connectivity index is 0.00000256. The van der Waals surface area contributed by atoms with Gasteiger partial charge in [0.15, 0.2) is 12.4 Å². The number of hydrogen-bond acceptors (Lipinski definition) is 1. The fraction of sp³-hybridized carbons (Fsp3) is 0.538. The minimum atomic E-state index is -0.366. The van der Waals surface area contributed by atoms with Gasteiger partial charge in [0.2, 0.25) is 5.91 Å². The number of aryl methyl sites for hydroxylation is 1. The smallest absolute Gasteiger partial charge is 0.249 e. The Labute approximate surface area is 114 Å². The van der Waals surface area contributed by atoms with Crippen molar-refractivity contribution in [3.8, 4) is 0 Å². The van der Waals surface area contributed by atoms with Crippen molar-refractivity contribution in [3.63, 3.8) is 0 Å². The van der Waals surface area contributed by atoms with Crippen molar-refractivity contribution in [2.24, 2.45) is 5.73 Å². The number of nitrogens with zero attached hydrogens (tertiary/aromatic N) is 1. The first-order valence-corrected chi connectivity index (χ1v) is 6.03. The molecule has 0 saturated heterocycles. The van der Waals surface area contributed by atoms with Gasteiger partial charge < -0.3 is 5.73 Å². The van der Waals surface area contributed by atoms with E-state index in [-0.39, 0.29) is 22.9 Å². The van der Waals surface area contributed by atoms with E-state index in [1.807, 2.05) is 12.4 Å². The van der Waals surface area contributed by atoms with Crippen LogP contribution in [0.1, 0.15) is 49.4 Å². The van der Waals surface area contributed by atoms with E-state index in [1.165, 1.54) is 32.1 Å². The van der Waals surface area contributed by atoms with Gasteiger partial charge in [0, 0.05) is 18.6 Å². The van der Waals surface area contributed by atoms with Crippen molar-refractivity contribution in [2.75, 3.05) is 0 Å². The summed E-state index contributed by atoms with van der Waals surface area (Å²) in [6.45, 7) is 3.24. The molecule has 3 nitrogen and oxygen atoms in total. The summed E-state index contributed by atoms with van der Waals surface area (Å²) >= 11 is 0. The summed E-state index contributed by atoms with van der Waals surface area (Å²) in [6, 6.07) is 3.54. The van der Waals surface area contributed by atoms with Gasteiger partial charge in [-0.05, 0) is 6.42 Å². The van der Waals surface area contributed by atoms with Crippen LogP contribution in [-0.4, -0.2) is 5.91 Å². The monoisotopic (exact) mass is 301 g/mol. The Morgan fingerprint density at radius 1 is 1.18 bits per heavy atom. The highest BCUT2D eigenvalue weighted by atomic mass is 79.9. The quantitative estimate of drug-likeness (QED) is 0.611. The normalized spacial score (nSPS) is 9.71. The molecule has 1 aromatic rings. The first kappa shape index (κ1) is 16.1. The standard InChI is InChI=1S/C13H20N2O.BrH/c1-2-3-4-5-6-9-15-10-7-12(8-11-15)13(14)16;/h7-8,10-11H,2-6,9H2,1H3,(H-,14,16);1H/p+1. The van der Waals surface area contributed by atoms with Crippen molar-refractivity contribution >= 4 is 22.9 Å². The fourth-order valence-corrected chi connectivity index (χ4v) is 1.67. The van der Waals surface area contributed by atoms with E-state index >= 15 is 0 Å². The average Bonchev–Trinajstić information content (AvgIpc) is 2.29. The van der Waals surface area contributed by atoms with Crippen molar-refractivity contribution in [1.82, 2.24) is 0 Å². The third-order valence-electron chi connectivity index (χ3n) is 2.70. The number of nitrogens with two attached hydrogens (primary N) is 1. The van der Waals surface area contributed by atoms with Gasteiger partial charge in [0.1, 0.15) is 6.54 Å². The Kier molecular flexibility index (Phi) is 8.68. The van der Waals surface area contributed by atoms with Crippen LogP contribution in [0.2, 0.25) is 0 Å². The summed E-state index contributed by atoms with van der Waals surface area (Å²) in [6.07, 6.45) is 10.2. The summed E-state index contributed by atoms with van der Waals surface area (Å²) in [4.78, 5) is 10.9. The van der Waals surface area contributed by atoms with Crippen LogP contribution in [0, 0.1) is 0 Å². The lowest BCUT2D eigenvalue weighted by molar-refractivity contribution is -0.697. The number of unbranched alkanes of at least 4 members (excludes halogenated alkanes) is 4. The van der Waals surface area contributed by atoms with E-state index in [9.17, 15) is 4.79 Å². The first-order chi connectivity index (χ1) is 7.74. The van der Waals surface area contributed by atoms with Gasteiger partial charge in [-0.15, -0.1) is 17.0 Å². The topological polar surface area (TPSA) is 47.0 Å². The van der Waals surface area contributed by atoms with E-state index < -0.39 is 0 Å². The van der Waals surface area contributed by atoms with Crippen LogP contribution in [0.4, 0.5) is 0 Å². The molecule has 1 heterocycles. The summed E-state index contributed by atoms with van der Waals surface area (Å²) < 4.78 is 2.10. The van der Waals surface area contributed by atoms with Crippen LogP contribution in [-0.2, 0) is 6.54 Å². The van der Waals surface area contributed by atoms with Gasteiger partial charge >= 0.3 is 0 Å². The van der Waals surface area contributed by atoms with Gasteiger partial charge in [0.25, 0.3) is 0 Å².